The fraction of sp³-hybridized carbons (Fsp3) is 0.500. The lowest BCUT2D eigenvalue weighted by molar-refractivity contribution is -0.139. The number of piperidine rings is 1. The molecule has 3 aliphatic rings. The molecule has 2 amide bonds. The normalized spacial score (nSPS) is 22.8. The highest BCUT2D eigenvalue weighted by Gasteiger charge is 2.39. The Morgan fingerprint density at radius 2 is 1.69 bits per heavy atom. The van der Waals surface area contributed by atoms with E-state index in [1.807, 2.05) is 34.9 Å². The van der Waals surface area contributed by atoms with Crippen LogP contribution in [0.15, 0.2) is 41.2 Å². The lowest BCUT2D eigenvalue weighted by Gasteiger charge is -2.44. The molecule has 1 aromatic heterocycles. The Labute approximate surface area is 188 Å². The molecular weight excluding hydrogens is 402 g/mol. The smallest absolute Gasteiger partial charge is 0.250 e. The van der Waals surface area contributed by atoms with Crippen molar-refractivity contribution in [3.8, 4) is 11.1 Å². The van der Waals surface area contributed by atoms with Crippen LogP contribution in [0.25, 0.3) is 11.1 Å². The summed E-state index contributed by atoms with van der Waals surface area (Å²) in [6.07, 6.45) is 6.63. The number of fused-ring (bicyclic) bond motifs is 4. The van der Waals surface area contributed by atoms with Gasteiger partial charge in [0.15, 0.2) is 0 Å². The summed E-state index contributed by atoms with van der Waals surface area (Å²) in [7, 11) is 0. The molecule has 2 bridgehead atoms. The Hall–Kier alpha value is -2.89. The minimum absolute atomic E-state index is 0.0420. The second kappa shape index (κ2) is 8.57. The van der Waals surface area contributed by atoms with Crippen molar-refractivity contribution < 1.29 is 9.59 Å². The third-order valence-electron chi connectivity index (χ3n) is 7.37. The van der Waals surface area contributed by atoms with E-state index in [0.717, 1.165) is 61.2 Å². The summed E-state index contributed by atoms with van der Waals surface area (Å²) >= 11 is 0. The molecule has 6 heteroatoms. The lowest BCUT2D eigenvalue weighted by Crippen LogP contribution is -2.51. The lowest BCUT2D eigenvalue weighted by atomic mass is 9.79. The minimum atomic E-state index is -0.0997. The van der Waals surface area contributed by atoms with E-state index in [4.69, 9.17) is 0 Å². The van der Waals surface area contributed by atoms with Gasteiger partial charge in [0.05, 0.1) is 0 Å². The van der Waals surface area contributed by atoms with Crippen LogP contribution in [0, 0.1) is 11.8 Å². The molecule has 2 atom stereocenters. The number of amides is 2. The highest BCUT2D eigenvalue weighted by Crippen LogP contribution is 2.41. The van der Waals surface area contributed by atoms with Gasteiger partial charge in [0.2, 0.25) is 11.8 Å². The number of hydrogen-bond acceptors (Lipinski definition) is 3. The van der Waals surface area contributed by atoms with Crippen LogP contribution in [0.2, 0.25) is 0 Å². The van der Waals surface area contributed by atoms with E-state index in [1.165, 1.54) is 13.3 Å². The number of pyridine rings is 1. The number of carbonyl (C=O) groups is 2. The summed E-state index contributed by atoms with van der Waals surface area (Å²) in [5.74, 6) is 0.920. The standard InChI is InChI=1S/C26H31N3O3/c1-17(30)27-22-9-7-19(8-10-22)23-11-12-24(31)29-15-18-13-21(25(23)29)16-28(14-18)26(32)20-5-3-2-4-6-20/h7-12,18,20-21H,2-6,13-16H2,1H3,(H,27,30)/t18-,21-/m0/s1. The number of likely N-dealkylation sites (tertiary alicyclic amines) is 1. The van der Waals surface area contributed by atoms with Crippen LogP contribution in [0.4, 0.5) is 5.69 Å². The number of rotatable bonds is 3. The fourth-order valence-electron chi connectivity index (χ4n) is 5.98. The maximum Gasteiger partial charge on any atom is 0.250 e. The predicted octanol–water partition coefficient (Wildman–Crippen LogP) is 4.00. The molecule has 1 N–H and O–H groups in total. The van der Waals surface area contributed by atoms with Crippen LogP contribution < -0.4 is 10.9 Å². The van der Waals surface area contributed by atoms with E-state index in [9.17, 15) is 14.4 Å². The zero-order chi connectivity index (χ0) is 22.2. The number of nitrogens with one attached hydrogen (secondary N) is 1. The molecule has 1 saturated carbocycles. The van der Waals surface area contributed by atoms with Crippen molar-refractivity contribution in [2.45, 2.75) is 57.9 Å². The molecule has 1 aliphatic carbocycles. The van der Waals surface area contributed by atoms with E-state index in [2.05, 4.69) is 10.2 Å². The van der Waals surface area contributed by atoms with Gasteiger partial charge in [0.1, 0.15) is 0 Å². The molecule has 0 spiro atoms. The monoisotopic (exact) mass is 433 g/mol. The summed E-state index contributed by atoms with van der Waals surface area (Å²) in [6, 6.07) is 11.3. The first-order valence-electron chi connectivity index (χ1n) is 11.9. The van der Waals surface area contributed by atoms with Crippen molar-refractivity contribution in [3.63, 3.8) is 0 Å². The maximum absolute atomic E-state index is 13.3. The molecule has 32 heavy (non-hydrogen) atoms. The first kappa shape index (κ1) is 21.0. The Morgan fingerprint density at radius 3 is 2.41 bits per heavy atom. The van der Waals surface area contributed by atoms with Crippen LogP contribution in [-0.4, -0.2) is 34.4 Å². The van der Waals surface area contributed by atoms with E-state index in [-0.39, 0.29) is 23.3 Å². The van der Waals surface area contributed by atoms with Crippen molar-refractivity contribution in [2.75, 3.05) is 18.4 Å². The molecule has 0 unspecified atom stereocenters. The molecule has 5 rings (SSSR count). The van der Waals surface area contributed by atoms with Gasteiger partial charge >= 0.3 is 0 Å². The van der Waals surface area contributed by atoms with Gasteiger partial charge in [-0.2, -0.15) is 0 Å². The van der Waals surface area contributed by atoms with Gasteiger partial charge in [-0.1, -0.05) is 31.4 Å². The molecule has 1 saturated heterocycles. The summed E-state index contributed by atoms with van der Waals surface area (Å²) in [5.41, 5.74) is 3.93. The third-order valence-corrected chi connectivity index (χ3v) is 7.37. The molecule has 1 aromatic carbocycles. The van der Waals surface area contributed by atoms with Crippen LogP contribution in [0.3, 0.4) is 0 Å². The van der Waals surface area contributed by atoms with Gasteiger partial charge in [-0.25, -0.2) is 0 Å². The van der Waals surface area contributed by atoms with Gasteiger partial charge in [-0.3, -0.25) is 14.4 Å². The Kier molecular flexibility index (Phi) is 5.62. The van der Waals surface area contributed by atoms with Gasteiger partial charge in [0, 0.05) is 61.4 Å². The number of hydrogen-bond donors (Lipinski definition) is 1. The van der Waals surface area contributed by atoms with Crippen molar-refractivity contribution in [2.24, 2.45) is 11.8 Å². The molecule has 3 heterocycles. The number of nitrogens with zero attached hydrogens (tertiary/aromatic N) is 2. The second-order valence-corrected chi connectivity index (χ2v) is 9.72. The Morgan fingerprint density at radius 1 is 0.938 bits per heavy atom. The minimum Gasteiger partial charge on any atom is -0.341 e. The van der Waals surface area contributed by atoms with Crippen LogP contribution in [-0.2, 0) is 16.1 Å². The zero-order valence-electron chi connectivity index (χ0n) is 18.7. The summed E-state index contributed by atoms with van der Waals surface area (Å²) in [5, 5.41) is 2.80. The SMILES string of the molecule is CC(=O)Nc1ccc(-c2ccc(=O)n3c2[C@H]2C[C@@H](CN(C(=O)C4CCCCC4)C2)C3)cc1. The molecular formula is C26H31N3O3. The molecule has 6 nitrogen and oxygen atoms in total. The largest absolute Gasteiger partial charge is 0.341 e. The maximum atomic E-state index is 13.3. The van der Waals surface area contributed by atoms with Crippen LogP contribution in [0.1, 0.15) is 57.1 Å². The first-order valence-corrected chi connectivity index (χ1v) is 11.9. The molecule has 2 aliphatic heterocycles. The van der Waals surface area contributed by atoms with E-state index < -0.39 is 0 Å². The summed E-state index contributed by atoms with van der Waals surface area (Å²) < 4.78 is 1.94. The fourth-order valence-corrected chi connectivity index (χ4v) is 5.98. The second-order valence-electron chi connectivity index (χ2n) is 9.72. The number of anilines is 1. The average molecular weight is 434 g/mol. The highest BCUT2D eigenvalue weighted by molar-refractivity contribution is 5.89. The first-order chi connectivity index (χ1) is 15.5. The van der Waals surface area contributed by atoms with Crippen molar-refractivity contribution in [1.82, 2.24) is 9.47 Å². The number of aromatic nitrogens is 1. The number of carbonyl (C=O) groups excluding carboxylic acids is 2. The van der Waals surface area contributed by atoms with Gasteiger partial charge < -0.3 is 14.8 Å². The van der Waals surface area contributed by atoms with Gasteiger partial charge in [-0.05, 0) is 48.9 Å². The quantitative estimate of drug-likeness (QED) is 0.795. The molecule has 2 fully saturated rings. The molecule has 2 aromatic rings. The Bertz CT molecular complexity index is 1080. The summed E-state index contributed by atoms with van der Waals surface area (Å²) in [4.78, 5) is 39.4. The molecule has 168 valence electrons. The average Bonchev–Trinajstić information content (AvgIpc) is 2.80. The van der Waals surface area contributed by atoms with Crippen molar-refractivity contribution in [1.29, 1.82) is 0 Å². The van der Waals surface area contributed by atoms with E-state index >= 15 is 0 Å². The molecule has 0 radical (unpaired) electrons. The van der Waals surface area contributed by atoms with Crippen LogP contribution >= 0.6 is 0 Å². The van der Waals surface area contributed by atoms with E-state index in [1.54, 1.807) is 6.07 Å². The van der Waals surface area contributed by atoms with Crippen molar-refractivity contribution >= 4 is 17.5 Å². The zero-order valence-corrected chi connectivity index (χ0v) is 18.7. The number of benzene rings is 1. The van der Waals surface area contributed by atoms with Crippen molar-refractivity contribution in [3.05, 3.63) is 52.4 Å². The topological polar surface area (TPSA) is 71.4 Å². The van der Waals surface area contributed by atoms with E-state index in [0.29, 0.717) is 24.9 Å². The summed E-state index contributed by atoms with van der Waals surface area (Å²) in [6.45, 7) is 3.64. The van der Waals surface area contributed by atoms with Crippen LogP contribution in [0.5, 0.6) is 0 Å². The highest BCUT2D eigenvalue weighted by atomic mass is 16.2. The third kappa shape index (κ3) is 3.98. The van der Waals surface area contributed by atoms with Gasteiger partial charge in [-0.15, -0.1) is 0 Å². The van der Waals surface area contributed by atoms with Gasteiger partial charge in [0.25, 0.3) is 5.56 Å². The predicted molar refractivity (Wildman–Crippen MR) is 124 cm³/mol. The Balaban J connectivity index is 1.46.